The molecule has 0 radical (unpaired) electrons. The van der Waals surface area contributed by atoms with Gasteiger partial charge in [-0.05, 0) is 36.4 Å². The first-order valence-corrected chi connectivity index (χ1v) is 9.66. The summed E-state index contributed by atoms with van der Waals surface area (Å²) < 4.78 is 52.9. The van der Waals surface area contributed by atoms with Gasteiger partial charge in [0.2, 0.25) is 0 Å². The Morgan fingerprint density at radius 3 is 2.62 bits per heavy atom. The van der Waals surface area contributed by atoms with Crippen LogP contribution in [0, 0.1) is 12.7 Å². The maximum atomic E-state index is 14.0. The van der Waals surface area contributed by atoms with Crippen LogP contribution in [0.15, 0.2) is 56.4 Å². The fourth-order valence-corrected chi connectivity index (χ4v) is 3.90. The first-order chi connectivity index (χ1) is 12.3. The molecular formula is C17H14BrFN2O4S. The van der Waals surface area contributed by atoms with Crippen molar-refractivity contribution in [3.63, 3.8) is 0 Å². The third-order valence-electron chi connectivity index (χ3n) is 3.53. The number of ether oxygens (including phenoxy) is 1. The number of aromatic nitrogens is 1. The van der Waals surface area contributed by atoms with E-state index in [0.29, 0.717) is 21.7 Å². The van der Waals surface area contributed by atoms with E-state index in [2.05, 4.69) is 25.6 Å². The minimum atomic E-state index is -4.11. The Morgan fingerprint density at radius 2 is 2.00 bits per heavy atom. The summed E-state index contributed by atoms with van der Waals surface area (Å²) in [5.74, 6) is 0.283. The Balaban J connectivity index is 2.05. The van der Waals surface area contributed by atoms with E-state index >= 15 is 0 Å². The molecule has 0 spiro atoms. The molecule has 1 aromatic heterocycles. The molecule has 26 heavy (non-hydrogen) atoms. The second kappa shape index (κ2) is 7.08. The largest absolute Gasteiger partial charge is 0.495 e. The van der Waals surface area contributed by atoms with Crippen molar-refractivity contribution < 1.29 is 22.0 Å². The Kier molecular flexibility index (Phi) is 5.01. The average Bonchev–Trinajstić information content (AvgIpc) is 3.03. The second-order valence-corrected chi connectivity index (χ2v) is 7.91. The van der Waals surface area contributed by atoms with Crippen LogP contribution in [0.5, 0.6) is 5.75 Å². The van der Waals surface area contributed by atoms with Gasteiger partial charge >= 0.3 is 0 Å². The average molecular weight is 441 g/mol. The molecule has 0 bridgehead atoms. The number of hydrogen-bond donors (Lipinski definition) is 1. The fraction of sp³-hybridized carbons (Fsp3) is 0.118. The van der Waals surface area contributed by atoms with Crippen molar-refractivity contribution in [1.29, 1.82) is 0 Å². The monoisotopic (exact) mass is 440 g/mol. The minimum Gasteiger partial charge on any atom is -0.495 e. The van der Waals surface area contributed by atoms with Crippen LogP contribution in [0.25, 0.3) is 11.3 Å². The number of nitrogens with zero attached hydrogens (tertiary/aromatic N) is 1. The van der Waals surface area contributed by atoms with Gasteiger partial charge in [-0.1, -0.05) is 15.9 Å². The van der Waals surface area contributed by atoms with E-state index in [4.69, 9.17) is 9.15 Å². The highest BCUT2D eigenvalue weighted by Gasteiger charge is 2.22. The number of aryl methyl sites for hydroxylation is 1. The maximum absolute atomic E-state index is 14.0. The summed E-state index contributed by atoms with van der Waals surface area (Å²) in [5.41, 5.74) is 0.333. The number of hydrogen-bond acceptors (Lipinski definition) is 5. The third-order valence-corrected chi connectivity index (χ3v) is 5.41. The predicted octanol–water partition coefficient (Wildman–Crippen LogP) is 4.36. The second-order valence-electron chi connectivity index (χ2n) is 5.34. The van der Waals surface area contributed by atoms with Crippen molar-refractivity contribution in [1.82, 2.24) is 4.98 Å². The molecule has 0 aliphatic carbocycles. The van der Waals surface area contributed by atoms with Crippen molar-refractivity contribution in [2.24, 2.45) is 0 Å². The zero-order chi connectivity index (χ0) is 18.9. The Hall–Kier alpha value is -2.39. The van der Waals surface area contributed by atoms with Gasteiger partial charge in [-0.15, -0.1) is 0 Å². The Labute approximate surface area is 158 Å². The summed E-state index contributed by atoms with van der Waals surface area (Å²) >= 11 is 3.13. The standard InChI is InChI=1S/C17H14BrFN2O4S/c1-10-20-9-16(25-10)11-3-6-15(24-2)17(7-11)26(22,23)21-14-5-4-12(18)8-13(14)19/h3-9,21H,1-2H3. The van der Waals surface area contributed by atoms with Crippen LogP contribution < -0.4 is 9.46 Å². The van der Waals surface area contributed by atoms with Crippen molar-refractivity contribution in [3.8, 4) is 17.1 Å². The molecule has 3 rings (SSSR count). The lowest BCUT2D eigenvalue weighted by Crippen LogP contribution is -2.15. The van der Waals surface area contributed by atoms with E-state index in [1.54, 1.807) is 13.0 Å². The van der Waals surface area contributed by atoms with Gasteiger partial charge in [0.25, 0.3) is 10.0 Å². The summed E-state index contributed by atoms with van der Waals surface area (Å²) in [6, 6.07) is 8.57. The molecule has 3 aromatic rings. The number of oxazole rings is 1. The van der Waals surface area contributed by atoms with Crippen LogP contribution in [0.1, 0.15) is 5.89 Å². The van der Waals surface area contributed by atoms with E-state index in [1.165, 1.54) is 43.6 Å². The van der Waals surface area contributed by atoms with Gasteiger partial charge in [0, 0.05) is 17.0 Å². The summed E-state index contributed by atoms with van der Waals surface area (Å²) in [7, 11) is -2.75. The van der Waals surface area contributed by atoms with Gasteiger partial charge in [-0.3, -0.25) is 4.72 Å². The molecule has 2 aromatic carbocycles. The molecule has 0 unspecified atom stereocenters. The van der Waals surface area contributed by atoms with Gasteiger partial charge in [-0.25, -0.2) is 17.8 Å². The molecule has 6 nitrogen and oxygen atoms in total. The zero-order valence-electron chi connectivity index (χ0n) is 13.8. The highest BCUT2D eigenvalue weighted by Crippen LogP contribution is 2.32. The molecule has 136 valence electrons. The van der Waals surface area contributed by atoms with E-state index in [1.807, 2.05) is 0 Å². The zero-order valence-corrected chi connectivity index (χ0v) is 16.2. The summed E-state index contributed by atoms with van der Waals surface area (Å²) in [5, 5.41) is 0. The molecule has 0 atom stereocenters. The van der Waals surface area contributed by atoms with Gasteiger partial charge < -0.3 is 9.15 Å². The smallest absolute Gasteiger partial charge is 0.265 e. The molecule has 0 aliphatic rings. The Morgan fingerprint density at radius 1 is 1.23 bits per heavy atom. The topological polar surface area (TPSA) is 81.4 Å². The molecule has 0 aliphatic heterocycles. The number of benzene rings is 2. The summed E-state index contributed by atoms with van der Waals surface area (Å²) in [4.78, 5) is 3.85. The number of rotatable bonds is 5. The third kappa shape index (κ3) is 3.73. The van der Waals surface area contributed by atoms with Crippen LogP contribution in [0.3, 0.4) is 0 Å². The predicted molar refractivity (Wildman–Crippen MR) is 98.1 cm³/mol. The normalized spacial score (nSPS) is 11.4. The molecule has 0 saturated heterocycles. The molecular weight excluding hydrogens is 427 g/mol. The number of anilines is 1. The summed E-state index contributed by atoms with van der Waals surface area (Å²) in [6.07, 6.45) is 1.50. The molecule has 1 heterocycles. The van der Waals surface area contributed by atoms with E-state index in [-0.39, 0.29) is 16.3 Å². The molecule has 0 fully saturated rings. The fourth-order valence-electron chi connectivity index (χ4n) is 2.31. The van der Waals surface area contributed by atoms with E-state index < -0.39 is 15.8 Å². The molecule has 9 heteroatoms. The quantitative estimate of drug-likeness (QED) is 0.637. The first kappa shape index (κ1) is 18.4. The van der Waals surface area contributed by atoms with Crippen molar-refractivity contribution >= 4 is 31.6 Å². The van der Waals surface area contributed by atoms with Gasteiger partial charge in [0.05, 0.1) is 19.0 Å². The molecule has 0 saturated carbocycles. The van der Waals surface area contributed by atoms with Crippen LogP contribution in [-0.2, 0) is 10.0 Å². The van der Waals surface area contributed by atoms with Crippen LogP contribution in [0.4, 0.5) is 10.1 Å². The van der Waals surface area contributed by atoms with E-state index in [0.717, 1.165) is 0 Å². The summed E-state index contributed by atoms with van der Waals surface area (Å²) in [6.45, 7) is 1.68. The van der Waals surface area contributed by atoms with Crippen molar-refractivity contribution in [2.45, 2.75) is 11.8 Å². The molecule has 1 N–H and O–H groups in total. The number of methoxy groups -OCH3 is 1. The number of sulfonamides is 1. The van der Waals surface area contributed by atoms with Gasteiger partial charge in [-0.2, -0.15) is 0 Å². The van der Waals surface area contributed by atoms with Gasteiger partial charge in [0.15, 0.2) is 11.7 Å². The van der Waals surface area contributed by atoms with E-state index in [9.17, 15) is 12.8 Å². The van der Waals surface area contributed by atoms with Crippen LogP contribution >= 0.6 is 15.9 Å². The maximum Gasteiger partial charge on any atom is 0.265 e. The highest BCUT2D eigenvalue weighted by molar-refractivity contribution is 9.10. The lowest BCUT2D eigenvalue weighted by atomic mass is 10.2. The van der Waals surface area contributed by atoms with Crippen molar-refractivity contribution in [2.75, 3.05) is 11.8 Å². The number of nitrogens with one attached hydrogen (secondary N) is 1. The van der Waals surface area contributed by atoms with Crippen molar-refractivity contribution in [3.05, 3.63) is 58.8 Å². The Bertz CT molecular complexity index is 1070. The lowest BCUT2D eigenvalue weighted by Gasteiger charge is -2.13. The lowest BCUT2D eigenvalue weighted by molar-refractivity contribution is 0.403. The molecule has 0 amide bonds. The van der Waals surface area contributed by atoms with Gasteiger partial charge in [0.1, 0.15) is 16.5 Å². The highest BCUT2D eigenvalue weighted by atomic mass is 79.9. The number of halogens is 2. The SMILES string of the molecule is COc1ccc(-c2cnc(C)o2)cc1S(=O)(=O)Nc1ccc(Br)cc1F. The minimum absolute atomic E-state index is 0.120. The van der Waals surface area contributed by atoms with Crippen LogP contribution in [-0.4, -0.2) is 20.5 Å². The van der Waals surface area contributed by atoms with Crippen LogP contribution in [0.2, 0.25) is 0 Å². The first-order valence-electron chi connectivity index (χ1n) is 7.39.